The molecule has 1 unspecified atom stereocenters. The molecule has 0 bridgehead atoms. The van der Waals surface area contributed by atoms with Crippen LogP contribution in [0.15, 0.2) is 24.3 Å². The number of benzene rings is 1. The van der Waals surface area contributed by atoms with Gasteiger partial charge < -0.3 is 14.5 Å². The number of carbonyl (C=O) groups is 2. The lowest BCUT2D eigenvalue weighted by Crippen LogP contribution is -2.49. The zero-order valence-electron chi connectivity index (χ0n) is 15.0. The van der Waals surface area contributed by atoms with E-state index < -0.39 is 0 Å². The van der Waals surface area contributed by atoms with Crippen LogP contribution in [-0.2, 0) is 4.79 Å². The van der Waals surface area contributed by atoms with Gasteiger partial charge in [0.15, 0.2) is 0 Å². The first kappa shape index (κ1) is 17.5. The van der Waals surface area contributed by atoms with Gasteiger partial charge in [-0.3, -0.25) is 14.6 Å². The van der Waals surface area contributed by atoms with Crippen LogP contribution in [-0.4, -0.2) is 90.7 Å². The molecular weight excluding hydrogens is 352 g/mol. The van der Waals surface area contributed by atoms with Crippen molar-refractivity contribution >= 4 is 29.4 Å². The molecule has 0 aromatic heterocycles. The van der Waals surface area contributed by atoms with E-state index in [0.29, 0.717) is 12.4 Å². The normalized spacial score (nSPS) is 23.7. The van der Waals surface area contributed by atoms with Crippen molar-refractivity contribution in [3.05, 3.63) is 24.3 Å². The zero-order valence-corrected chi connectivity index (χ0v) is 15.8. The highest BCUT2D eigenvalue weighted by Gasteiger charge is 2.47. The molecule has 3 amide bonds. The van der Waals surface area contributed by atoms with E-state index in [-0.39, 0.29) is 18.0 Å². The number of nitrogens with zero attached hydrogens (tertiary/aromatic N) is 4. The molecule has 1 aromatic carbocycles. The highest BCUT2D eigenvalue weighted by atomic mass is 32.2. The SMILES string of the molecule is COc1ccccc1N1CCN(CCN2C(=O)C3CSCN3C2=O)CC1. The molecule has 26 heavy (non-hydrogen) atoms. The first-order valence-electron chi connectivity index (χ1n) is 8.99. The second-order valence-electron chi connectivity index (χ2n) is 6.76. The molecule has 140 valence electrons. The Morgan fingerprint density at radius 1 is 1.12 bits per heavy atom. The fourth-order valence-corrected chi connectivity index (χ4v) is 4.95. The van der Waals surface area contributed by atoms with Gasteiger partial charge in [-0.05, 0) is 12.1 Å². The van der Waals surface area contributed by atoms with Crippen molar-refractivity contribution in [2.24, 2.45) is 0 Å². The Kier molecular flexibility index (Phi) is 4.95. The van der Waals surface area contributed by atoms with Crippen molar-refractivity contribution in [1.29, 1.82) is 0 Å². The maximum atomic E-state index is 12.4. The molecular formula is C18H24N4O3S. The van der Waals surface area contributed by atoms with E-state index in [1.165, 1.54) is 4.90 Å². The number of piperazine rings is 1. The largest absolute Gasteiger partial charge is 0.495 e. The summed E-state index contributed by atoms with van der Waals surface area (Å²) in [5.41, 5.74) is 1.12. The van der Waals surface area contributed by atoms with Gasteiger partial charge in [0.05, 0.1) is 18.7 Å². The fourth-order valence-electron chi connectivity index (χ4n) is 3.82. The molecule has 0 radical (unpaired) electrons. The van der Waals surface area contributed by atoms with Crippen LogP contribution < -0.4 is 9.64 Å². The number of thioether (sulfide) groups is 1. The number of fused-ring (bicyclic) bond motifs is 1. The van der Waals surface area contributed by atoms with Crippen molar-refractivity contribution in [1.82, 2.24) is 14.7 Å². The van der Waals surface area contributed by atoms with Gasteiger partial charge in [0.1, 0.15) is 11.8 Å². The van der Waals surface area contributed by atoms with Crippen LogP contribution >= 0.6 is 11.8 Å². The summed E-state index contributed by atoms with van der Waals surface area (Å²) < 4.78 is 5.46. The number of carbonyl (C=O) groups excluding carboxylic acids is 2. The van der Waals surface area contributed by atoms with Gasteiger partial charge >= 0.3 is 6.03 Å². The summed E-state index contributed by atoms with van der Waals surface area (Å²) in [6.45, 7) is 4.88. The maximum Gasteiger partial charge on any atom is 0.328 e. The van der Waals surface area contributed by atoms with E-state index in [9.17, 15) is 9.59 Å². The number of rotatable bonds is 5. The van der Waals surface area contributed by atoms with Gasteiger partial charge in [0.25, 0.3) is 5.91 Å². The Morgan fingerprint density at radius 3 is 2.62 bits per heavy atom. The summed E-state index contributed by atoms with van der Waals surface area (Å²) in [7, 11) is 1.70. The third-order valence-corrected chi connectivity index (χ3v) is 6.36. The van der Waals surface area contributed by atoms with Gasteiger partial charge in [-0.15, -0.1) is 11.8 Å². The van der Waals surface area contributed by atoms with Crippen molar-refractivity contribution in [3.63, 3.8) is 0 Å². The third-order valence-electron chi connectivity index (χ3n) is 5.35. The average Bonchev–Trinajstić information content (AvgIpc) is 3.25. The lowest BCUT2D eigenvalue weighted by atomic mass is 10.2. The van der Waals surface area contributed by atoms with Gasteiger partial charge in [-0.1, -0.05) is 12.1 Å². The highest BCUT2D eigenvalue weighted by molar-refractivity contribution is 7.99. The number of imide groups is 1. The summed E-state index contributed by atoms with van der Waals surface area (Å²) in [5.74, 6) is 2.25. The number of hydrogen-bond acceptors (Lipinski definition) is 6. The molecule has 4 rings (SSSR count). The minimum absolute atomic E-state index is 0.0207. The Labute approximate surface area is 157 Å². The summed E-state index contributed by atoms with van der Waals surface area (Å²) in [6.07, 6.45) is 0. The fraction of sp³-hybridized carbons (Fsp3) is 0.556. The molecule has 1 atom stereocenters. The molecule has 0 N–H and O–H groups in total. The Hall–Kier alpha value is -1.93. The molecule has 1 aromatic rings. The minimum Gasteiger partial charge on any atom is -0.495 e. The second-order valence-corrected chi connectivity index (χ2v) is 7.76. The van der Waals surface area contributed by atoms with Crippen molar-refractivity contribution in [3.8, 4) is 5.75 Å². The molecule has 3 heterocycles. The number of hydrogen-bond donors (Lipinski definition) is 0. The van der Waals surface area contributed by atoms with Crippen LogP contribution in [0.4, 0.5) is 10.5 Å². The average molecular weight is 376 g/mol. The minimum atomic E-state index is -0.227. The summed E-state index contributed by atoms with van der Waals surface area (Å²) in [6, 6.07) is 7.73. The van der Waals surface area contributed by atoms with Crippen LogP contribution in [0.1, 0.15) is 0 Å². The van der Waals surface area contributed by atoms with Crippen LogP contribution in [0, 0.1) is 0 Å². The van der Waals surface area contributed by atoms with E-state index in [2.05, 4.69) is 15.9 Å². The molecule has 7 nitrogen and oxygen atoms in total. The van der Waals surface area contributed by atoms with Crippen LogP contribution in [0.2, 0.25) is 0 Å². The summed E-state index contributed by atoms with van der Waals surface area (Å²) in [4.78, 5) is 32.5. The number of urea groups is 1. The molecule has 3 fully saturated rings. The van der Waals surface area contributed by atoms with Crippen molar-refractivity contribution < 1.29 is 14.3 Å². The number of para-hydroxylation sites is 2. The molecule has 0 saturated carbocycles. The number of ether oxygens (including phenoxy) is 1. The van der Waals surface area contributed by atoms with Crippen molar-refractivity contribution in [2.45, 2.75) is 6.04 Å². The smallest absolute Gasteiger partial charge is 0.328 e. The lowest BCUT2D eigenvalue weighted by Gasteiger charge is -2.37. The number of anilines is 1. The van der Waals surface area contributed by atoms with Crippen molar-refractivity contribution in [2.75, 3.05) is 62.9 Å². The van der Waals surface area contributed by atoms with E-state index in [1.54, 1.807) is 23.8 Å². The van der Waals surface area contributed by atoms with E-state index in [1.807, 2.05) is 18.2 Å². The first-order valence-corrected chi connectivity index (χ1v) is 10.1. The number of methoxy groups -OCH3 is 1. The first-order chi connectivity index (χ1) is 12.7. The van der Waals surface area contributed by atoms with Crippen LogP contribution in [0.25, 0.3) is 0 Å². The molecule has 8 heteroatoms. The Balaban J connectivity index is 1.29. The Morgan fingerprint density at radius 2 is 1.88 bits per heavy atom. The van der Waals surface area contributed by atoms with Crippen LogP contribution in [0.5, 0.6) is 5.75 Å². The van der Waals surface area contributed by atoms with Gasteiger partial charge in [0, 0.05) is 45.0 Å². The molecule has 3 saturated heterocycles. The topological polar surface area (TPSA) is 56.3 Å². The van der Waals surface area contributed by atoms with Gasteiger partial charge in [0.2, 0.25) is 0 Å². The number of amides is 3. The van der Waals surface area contributed by atoms with E-state index >= 15 is 0 Å². The lowest BCUT2D eigenvalue weighted by molar-refractivity contribution is -0.127. The molecule has 3 aliphatic heterocycles. The van der Waals surface area contributed by atoms with Crippen LogP contribution in [0.3, 0.4) is 0 Å². The monoisotopic (exact) mass is 376 g/mol. The van der Waals surface area contributed by atoms with E-state index in [4.69, 9.17) is 4.74 Å². The highest BCUT2D eigenvalue weighted by Crippen LogP contribution is 2.30. The Bertz CT molecular complexity index is 671. The zero-order chi connectivity index (χ0) is 18.1. The summed E-state index contributed by atoms with van der Waals surface area (Å²) >= 11 is 1.65. The third kappa shape index (κ3) is 3.12. The predicted octanol–water partition coefficient (Wildman–Crippen LogP) is 1.15. The predicted molar refractivity (Wildman–Crippen MR) is 102 cm³/mol. The molecule has 0 spiro atoms. The van der Waals surface area contributed by atoms with E-state index in [0.717, 1.165) is 49.9 Å². The molecule has 0 aliphatic carbocycles. The van der Waals surface area contributed by atoms with Gasteiger partial charge in [-0.2, -0.15) is 0 Å². The maximum absolute atomic E-state index is 12.4. The quantitative estimate of drug-likeness (QED) is 0.719. The van der Waals surface area contributed by atoms with Gasteiger partial charge in [-0.25, -0.2) is 4.79 Å². The molecule has 3 aliphatic rings. The summed E-state index contributed by atoms with van der Waals surface area (Å²) in [5, 5.41) is 0. The second kappa shape index (κ2) is 7.36. The standard InChI is InChI=1S/C18H24N4O3S/c1-25-16-5-3-2-4-14(16)20-9-6-19(7-10-20)8-11-21-17(23)15-12-26-13-22(15)18(21)24/h2-5,15H,6-13H2,1H3.